The molecule has 6 heteroatoms. The van der Waals surface area contributed by atoms with Crippen molar-refractivity contribution < 1.29 is 4.79 Å². The van der Waals surface area contributed by atoms with Crippen LogP contribution in [0.5, 0.6) is 0 Å². The minimum atomic E-state index is -0.302. The number of benzene rings is 1. The average Bonchev–Trinajstić information content (AvgIpc) is 2.71. The molecule has 1 aromatic heterocycles. The number of rotatable bonds is 2. The van der Waals surface area contributed by atoms with Gasteiger partial charge in [0.25, 0.3) is 5.91 Å². The van der Waals surface area contributed by atoms with E-state index in [0.717, 1.165) is 15.0 Å². The predicted molar refractivity (Wildman–Crippen MR) is 71.6 cm³/mol. The Kier molecular flexibility index (Phi) is 3.56. The number of nitrogens with two attached hydrogens (primary N) is 1. The number of hydrogen-bond donors (Lipinski definition) is 2. The van der Waals surface area contributed by atoms with Crippen LogP contribution in [-0.2, 0) is 0 Å². The van der Waals surface area contributed by atoms with Gasteiger partial charge >= 0.3 is 0 Å². The molecule has 0 saturated carbocycles. The van der Waals surface area contributed by atoms with Gasteiger partial charge in [-0.05, 0) is 19.1 Å². The number of carbonyl (C=O) groups excluding carboxylic acids is 1. The number of aromatic nitrogens is 1. The molecule has 0 spiro atoms. The number of nitrogens with one attached hydrogen (secondary N) is 1. The molecule has 2 aromatic rings. The van der Waals surface area contributed by atoms with E-state index in [1.165, 1.54) is 11.3 Å². The summed E-state index contributed by atoms with van der Waals surface area (Å²) in [5.41, 5.74) is 3.79. The normalized spacial score (nSPS) is 10.3. The lowest BCUT2D eigenvalue weighted by Gasteiger charge is -1.95. The lowest BCUT2D eigenvalue weighted by molar-refractivity contribution is 0.0957. The lowest BCUT2D eigenvalue weighted by Crippen LogP contribution is -2.29. The molecular weight excluding hydrogens is 302 g/mol. The van der Waals surface area contributed by atoms with E-state index in [4.69, 9.17) is 5.84 Å². The second kappa shape index (κ2) is 4.95. The van der Waals surface area contributed by atoms with Crippen LogP contribution in [0.15, 0.2) is 28.7 Å². The van der Waals surface area contributed by atoms with Gasteiger partial charge in [-0.15, -0.1) is 11.3 Å². The van der Waals surface area contributed by atoms with Crippen molar-refractivity contribution in [2.24, 2.45) is 5.84 Å². The van der Waals surface area contributed by atoms with E-state index in [1.54, 1.807) is 6.92 Å². The van der Waals surface area contributed by atoms with E-state index in [0.29, 0.717) is 10.6 Å². The van der Waals surface area contributed by atoms with Crippen molar-refractivity contribution >= 4 is 33.2 Å². The number of hydrazine groups is 1. The Balaban J connectivity index is 2.41. The van der Waals surface area contributed by atoms with Crippen LogP contribution < -0.4 is 11.3 Å². The van der Waals surface area contributed by atoms with Gasteiger partial charge in [-0.25, -0.2) is 10.8 Å². The molecule has 1 aromatic carbocycles. The van der Waals surface area contributed by atoms with E-state index in [2.05, 4.69) is 26.3 Å². The fraction of sp³-hybridized carbons (Fsp3) is 0.0909. The lowest BCUT2D eigenvalue weighted by atomic mass is 10.2. The predicted octanol–water partition coefficient (Wildman–Crippen LogP) is 2.48. The number of amides is 1. The maximum absolute atomic E-state index is 11.5. The van der Waals surface area contributed by atoms with Gasteiger partial charge in [-0.3, -0.25) is 10.2 Å². The molecule has 0 aliphatic carbocycles. The van der Waals surface area contributed by atoms with Crippen molar-refractivity contribution in [3.05, 3.63) is 39.3 Å². The molecule has 0 saturated heterocycles. The van der Waals surface area contributed by atoms with E-state index < -0.39 is 0 Å². The van der Waals surface area contributed by atoms with Crippen molar-refractivity contribution in [1.29, 1.82) is 0 Å². The summed E-state index contributed by atoms with van der Waals surface area (Å²) in [6.07, 6.45) is 0. The van der Waals surface area contributed by atoms with Crippen molar-refractivity contribution in [3.63, 3.8) is 0 Å². The van der Waals surface area contributed by atoms with E-state index in [9.17, 15) is 4.79 Å². The third kappa shape index (κ3) is 2.54. The summed E-state index contributed by atoms with van der Waals surface area (Å²) in [6, 6.07) is 7.78. The molecule has 3 N–H and O–H groups in total. The quantitative estimate of drug-likeness (QED) is 0.508. The highest BCUT2D eigenvalue weighted by atomic mass is 79.9. The van der Waals surface area contributed by atoms with Crippen LogP contribution in [0.4, 0.5) is 0 Å². The zero-order valence-electron chi connectivity index (χ0n) is 9.03. The van der Waals surface area contributed by atoms with Crippen molar-refractivity contribution in [1.82, 2.24) is 10.4 Å². The van der Waals surface area contributed by atoms with Gasteiger partial charge in [0, 0.05) is 10.0 Å². The van der Waals surface area contributed by atoms with E-state index in [-0.39, 0.29) is 5.91 Å². The van der Waals surface area contributed by atoms with Gasteiger partial charge in [0.2, 0.25) is 0 Å². The van der Waals surface area contributed by atoms with Crippen LogP contribution in [-0.4, -0.2) is 10.9 Å². The molecule has 0 radical (unpaired) electrons. The summed E-state index contributed by atoms with van der Waals surface area (Å²) >= 11 is 4.71. The topological polar surface area (TPSA) is 68.0 Å². The number of nitrogen functional groups attached to an aromatic ring is 1. The van der Waals surface area contributed by atoms with Crippen molar-refractivity contribution in [3.8, 4) is 10.6 Å². The molecule has 0 aliphatic rings. The first-order chi connectivity index (χ1) is 8.11. The maximum atomic E-state index is 11.5. The number of hydrogen-bond acceptors (Lipinski definition) is 4. The maximum Gasteiger partial charge on any atom is 0.277 e. The van der Waals surface area contributed by atoms with Crippen molar-refractivity contribution in [2.75, 3.05) is 0 Å². The third-order valence-corrected chi connectivity index (χ3v) is 3.96. The molecule has 88 valence electrons. The first-order valence-electron chi connectivity index (χ1n) is 4.86. The zero-order valence-corrected chi connectivity index (χ0v) is 11.4. The summed E-state index contributed by atoms with van der Waals surface area (Å²) < 4.78 is 1.01. The van der Waals surface area contributed by atoms with E-state index >= 15 is 0 Å². The summed E-state index contributed by atoms with van der Waals surface area (Å²) in [7, 11) is 0. The molecule has 0 aliphatic heterocycles. The molecule has 0 unspecified atom stereocenters. The number of halogens is 1. The largest absolute Gasteiger partial charge is 0.289 e. The van der Waals surface area contributed by atoms with Crippen molar-refractivity contribution in [2.45, 2.75) is 6.92 Å². The van der Waals surface area contributed by atoms with Gasteiger partial charge < -0.3 is 0 Å². The van der Waals surface area contributed by atoms with Gasteiger partial charge in [0.1, 0.15) is 9.88 Å². The monoisotopic (exact) mass is 311 g/mol. The molecule has 2 rings (SSSR count). The number of aryl methyl sites for hydroxylation is 1. The SMILES string of the molecule is Cc1nc(-c2ccc(Br)cc2)sc1C(=O)NN. The molecule has 0 atom stereocenters. The van der Waals surface area contributed by atoms with Crippen LogP contribution in [0.25, 0.3) is 10.6 Å². The first kappa shape index (κ1) is 12.2. The summed E-state index contributed by atoms with van der Waals surface area (Å²) in [6.45, 7) is 1.80. The van der Waals surface area contributed by atoms with Gasteiger partial charge in [0.05, 0.1) is 5.69 Å². The third-order valence-electron chi connectivity index (χ3n) is 2.23. The molecule has 0 bridgehead atoms. The Morgan fingerprint density at radius 3 is 2.65 bits per heavy atom. The minimum Gasteiger partial charge on any atom is -0.289 e. The molecule has 4 nitrogen and oxygen atoms in total. The summed E-state index contributed by atoms with van der Waals surface area (Å²) in [4.78, 5) is 16.4. The standard InChI is InChI=1S/C11H10BrN3OS/c1-6-9(10(16)15-13)17-11(14-6)7-2-4-8(12)5-3-7/h2-5H,13H2,1H3,(H,15,16). The molecule has 0 fully saturated rings. The average molecular weight is 312 g/mol. The van der Waals surface area contributed by atoms with E-state index in [1.807, 2.05) is 24.3 Å². The second-order valence-corrected chi connectivity index (χ2v) is 5.33. The zero-order chi connectivity index (χ0) is 12.4. The number of nitrogens with zero attached hydrogens (tertiary/aromatic N) is 1. The number of thiazole rings is 1. The van der Waals surface area contributed by atoms with Gasteiger partial charge in [-0.1, -0.05) is 28.1 Å². The highest BCUT2D eigenvalue weighted by molar-refractivity contribution is 9.10. The van der Waals surface area contributed by atoms with Crippen LogP contribution >= 0.6 is 27.3 Å². The first-order valence-corrected chi connectivity index (χ1v) is 6.47. The highest BCUT2D eigenvalue weighted by Crippen LogP contribution is 2.28. The molecule has 1 amide bonds. The van der Waals surface area contributed by atoms with Crippen LogP contribution in [0, 0.1) is 6.92 Å². The highest BCUT2D eigenvalue weighted by Gasteiger charge is 2.14. The summed E-state index contributed by atoms with van der Waals surface area (Å²) in [5.74, 6) is 4.81. The Labute approximate surface area is 111 Å². The Morgan fingerprint density at radius 2 is 2.06 bits per heavy atom. The second-order valence-electron chi connectivity index (χ2n) is 3.41. The van der Waals surface area contributed by atoms with Crippen LogP contribution in [0.2, 0.25) is 0 Å². The Morgan fingerprint density at radius 1 is 1.41 bits per heavy atom. The Hall–Kier alpha value is -1.24. The molecular formula is C11H10BrN3OS. The van der Waals surface area contributed by atoms with Gasteiger partial charge in [-0.2, -0.15) is 0 Å². The van der Waals surface area contributed by atoms with Gasteiger partial charge in [0.15, 0.2) is 0 Å². The van der Waals surface area contributed by atoms with Crippen LogP contribution in [0.3, 0.4) is 0 Å². The van der Waals surface area contributed by atoms with Crippen LogP contribution in [0.1, 0.15) is 15.4 Å². The Bertz CT molecular complexity index is 550. The fourth-order valence-corrected chi connectivity index (χ4v) is 2.63. The fourth-order valence-electron chi connectivity index (χ4n) is 1.39. The molecule has 1 heterocycles. The molecule has 17 heavy (non-hydrogen) atoms. The smallest absolute Gasteiger partial charge is 0.277 e. The minimum absolute atomic E-state index is 0.302. The number of carbonyl (C=O) groups is 1. The summed E-state index contributed by atoms with van der Waals surface area (Å²) in [5, 5.41) is 0.814.